The van der Waals surface area contributed by atoms with Crippen molar-refractivity contribution in [1.29, 1.82) is 0 Å². The van der Waals surface area contributed by atoms with Crippen molar-refractivity contribution >= 4 is 51.9 Å². The van der Waals surface area contributed by atoms with Crippen molar-refractivity contribution in [3.63, 3.8) is 0 Å². The van der Waals surface area contributed by atoms with Crippen molar-refractivity contribution in [3.8, 4) is 0 Å². The smallest absolute Gasteiger partial charge is 0.416 e. The second-order valence-corrected chi connectivity index (χ2v) is 9.44. The number of fused-ring (bicyclic) bond motifs is 1. The summed E-state index contributed by atoms with van der Waals surface area (Å²) in [5.41, 5.74) is -0.0749. The van der Waals surface area contributed by atoms with Crippen LogP contribution < -0.4 is 21.3 Å². The molecule has 5 N–H and O–H groups in total. The summed E-state index contributed by atoms with van der Waals surface area (Å²) in [6.45, 7) is -0.527. The molecule has 0 saturated heterocycles. The lowest BCUT2D eigenvalue weighted by molar-refractivity contribution is -0.141. The van der Waals surface area contributed by atoms with E-state index in [1.807, 2.05) is 0 Å². The molecule has 11 nitrogen and oxygen atoms in total. The Balaban J connectivity index is 1.47. The molecule has 2 amide bonds. The molecule has 2 heterocycles. The van der Waals surface area contributed by atoms with Gasteiger partial charge in [-0.15, -0.1) is 0 Å². The van der Waals surface area contributed by atoms with Gasteiger partial charge in [-0.25, -0.2) is 9.38 Å². The molecule has 0 radical (unpaired) electrons. The standard InChI is InChI=1S/C25H24ClF4N7O4/c1-41-22(39)7-18(12-2-14(25(28,29)30)6-15(26)3-12)35-21(38)11-31-23(40)13-4-19(17-10-34-37-20(17)5-13)36-24-32-8-16(27)9-33-24/h2-6,10,16,18H,7-9,11H2,1H3,(H,31,40)(H,34,37)(H,35,38)(H2,32,33,36)/t18-/m0/s1. The van der Waals surface area contributed by atoms with E-state index in [0.717, 1.165) is 19.2 Å². The molecule has 0 aliphatic carbocycles. The highest BCUT2D eigenvalue weighted by Gasteiger charge is 2.32. The van der Waals surface area contributed by atoms with Crippen molar-refractivity contribution in [2.24, 2.45) is 4.99 Å². The molecule has 4 rings (SSSR count). The van der Waals surface area contributed by atoms with E-state index in [1.54, 1.807) is 0 Å². The van der Waals surface area contributed by atoms with Crippen LogP contribution in [-0.2, 0) is 20.5 Å². The van der Waals surface area contributed by atoms with Crippen LogP contribution in [0.1, 0.15) is 33.9 Å². The second-order valence-electron chi connectivity index (χ2n) is 9.00. The summed E-state index contributed by atoms with van der Waals surface area (Å²) in [7, 11) is 1.09. The van der Waals surface area contributed by atoms with E-state index in [4.69, 9.17) is 11.6 Å². The number of esters is 1. The molecule has 1 aliphatic rings. The van der Waals surface area contributed by atoms with Crippen molar-refractivity contribution in [2.45, 2.75) is 24.8 Å². The van der Waals surface area contributed by atoms with Gasteiger partial charge in [-0.1, -0.05) is 11.6 Å². The first kappa shape index (κ1) is 29.6. The monoisotopic (exact) mass is 597 g/mol. The van der Waals surface area contributed by atoms with Gasteiger partial charge in [0.05, 0.1) is 62.2 Å². The number of benzene rings is 2. The first-order chi connectivity index (χ1) is 19.4. The van der Waals surface area contributed by atoms with Gasteiger partial charge in [0.15, 0.2) is 5.96 Å². The number of aromatic amines is 1. The fraction of sp³-hybridized carbons (Fsp3) is 0.320. The number of nitrogens with one attached hydrogen (secondary N) is 5. The van der Waals surface area contributed by atoms with Gasteiger partial charge < -0.3 is 26.0 Å². The number of carbonyl (C=O) groups excluding carboxylic acids is 3. The lowest BCUT2D eigenvalue weighted by Gasteiger charge is -2.20. The normalized spacial score (nSPS) is 15.9. The maximum absolute atomic E-state index is 13.4. The molecule has 41 heavy (non-hydrogen) atoms. The molecule has 0 fully saturated rings. The number of amides is 2. The second kappa shape index (κ2) is 12.4. The number of halogens is 5. The number of methoxy groups -OCH3 is 1. The van der Waals surface area contributed by atoms with Gasteiger partial charge in [0.1, 0.15) is 6.17 Å². The minimum Gasteiger partial charge on any atom is -0.469 e. The van der Waals surface area contributed by atoms with Crippen LogP contribution in [0.25, 0.3) is 10.9 Å². The summed E-state index contributed by atoms with van der Waals surface area (Å²) in [5.74, 6) is -1.93. The van der Waals surface area contributed by atoms with Gasteiger partial charge in [0.25, 0.3) is 5.91 Å². The molecule has 2 atom stereocenters. The Labute approximate surface area is 235 Å². The molecule has 0 saturated carbocycles. The molecule has 1 aliphatic heterocycles. The number of H-pyrrole nitrogens is 1. The summed E-state index contributed by atoms with van der Waals surface area (Å²) >= 11 is 5.87. The summed E-state index contributed by atoms with van der Waals surface area (Å²) < 4.78 is 57.9. The van der Waals surface area contributed by atoms with Crippen LogP contribution in [0.5, 0.6) is 0 Å². The first-order valence-electron chi connectivity index (χ1n) is 12.1. The van der Waals surface area contributed by atoms with E-state index in [1.165, 1.54) is 24.4 Å². The predicted molar refractivity (Wildman–Crippen MR) is 141 cm³/mol. The van der Waals surface area contributed by atoms with Crippen LogP contribution in [-0.4, -0.2) is 66.9 Å². The maximum Gasteiger partial charge on any atom is 0.416 e. The molecule has 2 aromatic carbocycles. The van der Waals surface area contributed by atoms with Gasteiger partial charge in [-0.05, 0) is 35.9 Å². The number of hydrogen-bond acceptors (Lipinski definition) is 8. The largest absolute Gasteiger partial charge is 0.469 e. The third-order valence-electron chi connectivity index (χ3n) is 6.01. The summed E-state index contributed by atoms with van der Waals surface area (Å²) in [4.78, 5) is 41.6. The zero-order chi connectivity index (χ0) is 29.7. The van der Waals surface area contributed by atoms with Gasteiger partial charge in [-0.2, -0.15) is 18.3 Å². The van der Waals surface area contributed by atoms with E-state index in [0.29, 0.717) is 22.5 Å². The van der Waals surface area contributed by atoms with Crippen LogP contribution in [0.15, 0.2) is 41.5 Å². The average Bonchev–Trinajstić information content (AvgIpc) is 3.41. The highest BCUT2D eigenvalue weighted by Crippen LogP contribution is 2.34. The Kier molecular flexibility index (Phi) is 8.95. The summed E-state index contributed by atoms with van der Waals surface area (Å²) in [6.07, 6.45) is -4.79. The molecular weight excluding hydrogens is 574 g/mol. The third-order valence-corrected chi connectivity index (χ3v) is 6.22. The van der Waals surface area contributed by atoms with E-state index in [2.05, 4.69) is 41.2 Å². The number of hydrogen-bond donors (Lipinski definition) is 5. The maximum atomic E-state index is 13.4. The number of alkyl halides is 4. The minimum absolute atomic E-state index is 0.0250. The van der Waals surface area contributed by atoms with E-state index in [9.17, 15) is 31.9 Å². The Hall–Kier alpha value is -4.40. The molecule has 1 unspecified atom stereocenters. The van der Waals surface area contributed by atoms with Crippen LogP contribution >= 0.6 is 11.6 Å². The lowest BCUT2D eigenvalue weighted by atomic mass is 10.0. The molecule has 3 aromatic rings. The number of nitrogens with zero attached hydrogens (tertiary/aromatic N) is 2. The van der Waals surface area contributed by atoms with Crippen LogP contribution in [0.3, 0.4) is 0 Å². The number of carbonyl (C=O) groups is 3. The van der Waals surface area contributed by atoms with Crippen LogP contribution in [0.2, 0.25) is 5.02 Å². The first-order valence-corrected chi connectivity index (χ1v) is 12.5. The molecule has 0 spiro atoms. The van der Waals surface area contributed by atoms with E-state index < -0.39 is 54.7 Å². The van der Waals surface area contributed by atoms with Crippen molar-refractivity contribution < 1.29 is 36.7 Å². The third kappa shape index (κ3) is 7.63. The van der Waals surface area contributed by atoms with Crippen molar-refractivity contribution in [1.82, 2.24) is 26.1 Å². The molecule has 218 valence electrons. The van der Waals surface area contributed by atoms with Gasteiger partial charge >= 0.3 is 12.1 Å². The lowest BCUT2D eigenvalue weighted by Crippen LogP contribution is -2.41. The molecule has 16 heteroatoms. The number of aliphatic imine (C=N–C) groups is 1. The minimum atomic E-state index is -4.72. The van der Waals surface area contributed by atoms with E-state index in [-0.39, 0.29) is 29.2 Å². The van der Waals surface area contributed by atoms with Crippen LogP contribution in [0.4, 0.5) is 23.2 Å². The fourth-order valence-corrected chi connectivity index (χ4v) is 4.25. The van der Waals surface area contributed by atoms with Gasteiger partial charge in [0, 0.05) is 16.0 Å². The van der Waals surface area contributed by atoms with Crippen LogP contribution in [0, 0.1) is 0 Å². The predicted octanol–water partition coefficient (Wildman–Crippen LogP) is 3.09. The number of guanidine groups is 1. The Morgan fingerprint density at radius 1 is 1.20 bits per heavy atom. The number of ether oxygens (including phenoxy) is 1. The van der Waals surface area contributed by atoms with Gasteiger partial charge in [0.2, 0.25) is 5.91 Å². The number of rotatable bonds is 8. The quantitative estimate of drug-likeness (QED) is 0.198. The Morgan fingerprint density at radius 3 is 2.66 bits per heavy atom. The van der Waals surface area contributed by atoms with E-state index >= 15 is 0 Å². The Bertz CT molecular complexity index is 1490. The zero-order valence-electron chi connectivity index (χ0n) is 21.4. The average molecular weight is 598 g/mol. The zero-order valence-corrected chi connectivity index (χ0v) is 22.1. The summed E-state index contributed by atoms with van der Waals surface area (Å²) in [6, 6.07) is 4.44. The topological polar surface area (TPSA) is 150 Å². The highest BCUT2D eigenvalue weighted by atomic mass is 35.5. The molecular formula is C25H24ClF4N7O4. The summed E-state index contributed by atoms with van der Waals surface area (Å²) in [5, 5.41) is 17.8. The molecule has 0 bridgehead atoms. The van der Waals surface area contributed by atoms with Crippen molar-refractivity contribution in [3.05, 3.63) is 58.2 Å². The number of anilines is 1. The Morgan fingerprint density at radius 2 is 1.98 bits per heavy atom. The fourth-order valence-electron chi connectivity index (χ4n) is 4.00. The highest BCUT2D eigenvalue weighted by molar-refractivity contribution is 6.30. The number of aromatic nitrogens is 2. The SMILES string of the molecule is COC(=O)C[C@H](NC(=O)CNC(=O)c1cc(NC2=NCC(F)CN2)c2cn[nH]c2c1)c1cc(Cl)cc(C(F)(F)F)c1. The molecule has 1 aromatic heterocycles. The van der Waals surface area contributed by atoms with Gasteiger partial charge in [-0.3, -0.25) is 19.5 Å². The van der Waals surface area contributed by atoms with Crippen molar-refractivity contribution in [2.75, 3.05) is 32.1 Å².